The van der Waals surface area contributed by atoms with Crippen LogP contribution in [0.15, 0.2) is 21.9 Å². The molecule has 0 saturated carbocycles. The number of fused-ring (bicyclic) bond motifs is 2. The Kier molecular flexibility index (Phi) is 4.60. The van der Waals surface area contributed by atoms with Crippen molar-refractivity contribution in [3.63, 3.8) is 0 Å². The minimum atomic E-state index is -1.80. The first kappa shape index (κ1) is 19.5. The number of H-pyrrole nitrogens is 1. The molecule has 2 aliphatic heterocycles. The molecule has 146 valence electrons. The smallest absolute Gasteiger partial charge is 0.330 e. The van der Waals surface area contributed by atoms with E-state index in [0.717, 1.165) is 6.04 Å². The van der Waals surface area contributed by atoms with Crippen molar-refractivity contribution in [3.05, 3.63) is 33.1 Å². The number of hydroxylamine groups is 2. The summed E-state index contributed by atoms with van der Waals surface area (Å²) in [5.41, 5.74) is -1.85. The Hall–Kier alpha value is -1.26. The highest BCUT2D eigenvalue weighted by atomic mass is 28.3. The van der Waals surface area contributed by atoms with Gasteiger partial charge in [0.25, 0.3) is 5.56 Å². The van der Waals surface area contributed by atoms with E-state index in [1.165, 1.54) is 16.8 Å². The van der Waals surface area contributed by atoms with Gasteiger partial charge >= 0.3 is 5.69 Å². The minimum absolute atomic E-state index is 0.129. The second-order valence-electron chi connectivity index (χ2n) is 9.20. The van der Waals surface area contributed by atoms with Gasteiger partial charge < -0.3 is 9.84 Å². The summed E-state index contributed by atoms with van der Waals surface area (Å²) in [6, 6.07) is 2.01. The summed E-state index contributed by atoms with van der Waals surface area (Å²) in [6.45, 7) is 11.7. The summed E-state index contributed by atoms with van der Waals surface area (Å²) in [5, 5.41) is 12.9. The fourth-order valence-corrected chi connectivity index (χ4v) is 6.18. The molecular weight excluding hydrogens is 354 g/mol. The van der Waals surface area contributed by atoms with E-state index in [1.54, 1.807) is 12.1 Å². The standard InChI is InChI=1S/C17H29N3O5Si/c1-16(2,3)26(5,6)10-17-9-19(4)25-12(13(17)22)14(24-17)20-8-7-11(21)18-15(20)23/h7-8,12-14,22H,9-10H2,1-6H3,(H,18,21,23)/t12-,13+,14-,17-/m1/s1. The van der Waals surface area contributed by atoms with E-state index >= 15 is 0 Å². The van der Waals surface area contributed by atoms with E-state index in [-0.39, 0.29) is 5.04 Å². The molecule has 2 fully saturated rings. The molecule has 2 saturated heterocycles. The van der Waals surface area contributed by atoms with Crippen LogP contribution in [0.4, 0.5) is 0 Å². The highest BCUT2D eigenvalue weighted by Crippen LogP contribution is 2.50. The summed E-state index contributed by atoms with van der Waals surface area (Å²) in [4.78, 5) is 31.6. The number of rotatable bonds is 3. The molecule has 9 heteroatoms. The molecule has 26 heavy (non-hydrogen) atoms. The summed E-state index contributed by atoms with van der Waals surface area (Å²) < 4.78 is 7.65. The van der Waals surface area contributed by atoms with Gasteiger partial charge in [0.15, 0.2) is 12.3 Å². The van der Waals surface area contributed by atoms with Crippen molar-refractivity contribution in [2.75, 3.05) is 13.6 Å². The van der Waals surface area contributed by atoms with Crippen molar-refractivity contribution in [3.8, 4) is 0 Å². The van der Waals surface area contributed by atoms with Crippen LogP contribution in [0.5, 0.6) is 0 Å². The van der Waals surface area contributed by atoms with E-state index in [1.807, 2.05) is 0 Å². The molecule has 2 aliphatic rings. The average Bonchev–Trinajstić information content (AvgIpc) is 2.63. The molecule has 8 nitrogen and oxygen atoms in total. The van der Waals surface area contributed by atoms with Crippen molar-refractivity contribution >= 4 is 8.07 Å². The number of likely N-dealkylation sites (N-methyl/N-ethyl adjacent to an activating group) is 1. The van der Waals surface area contributed by atoms with Crippen LogP contribution in [0.2, 0.25) is 24.2 Å². The van der Waals surface area contributed by atoms with Gasteiger partial charge in [0, 0.05) is 19.3 Å². The third-order valence-corrected chi connectivity index (χ3v) is 11.7. The molecule has 0 aliphatic carbocycles. The fraction of sp³-hybridized carbons (Fsp3) is 0.765. The lowest BCUT2D eigenvalue weighted by atomic mass is 9.95. The lowest BCUT2D eigenvalue weighted by molar-refractivity contribution is -0.249. The second kappa shape index (κ2) is 6.13. The van der Waals surface area contributed by atoms with Crippen molar-refractivity contribution in [2.45, 2.75) is 69.0 Å². The zero-order valence-corrected chi connectivity index (χ0v) is 17.3. The second-order valence-corrected chi connectivity index (χ2v) is 14.8. The van der Waals surface area contributed by atoms with Gasteiger partial charge in [-0.15, -0.1) is 0 Å². The Balaban J connectivity index is 2.01. The highest BCUT2D eigenvalue weighted by molar-refractivity contribution is 6.80. The number of aromatic amines is 1. The predicted molar refractivity (Wildman–Crippen MR) is 99.7 cm³/mol. The first-order valence-electron chi connectivity index (χ1n) is 8.92. The van der Waals surface area contributed by atoms with Gasteiger partial charge in [0.05, 0.1) is 14.6 Å². The first-order valence-corrected chi connectivity index (χ1v) is 12.1. The zero-order valence-electron chi connectivity index (χ0n) is 16.3. The van der Waals surface area contributed by atoms with Crippen molar-refractivity contribution < 1.29 is 14.7 Å². The summed E-state index contributed by atoms with van der Waals surface area (Å²) in [6.07, 6.45) is -0.953. The first-order chi connectivity index (χ1) is 11.9. The molecule has 3 heterocycles. The van der Waals surface area contributed by atoms with Gasteiger partial charge in [-0.2, -0.15) is 5.06 Å². The SMILES string of the molecule is CN1C[C@]2(C[Si](C)(C)C(C)(C)C)O[C@@H](n3ccc(=O)[nH]c3=O)[C@H](O1)[C@@H]2O. The predicted octanol–water partition coefficient (Wildman–Crippen LogP) is 0.919. The van der Waals surface area contributed by atoms with Gasteiger partial charge in [-0.25, -0.2) is 4.79 Å². The maximum Gasteiger partial charge on any atom is 0.330 e. The van der Waals surface area contributed by atoms with Crippen molar-refractivity contribution in [1.82, 2.24) is 14.6 Å². The number of hydrogen-bond donors (Lipinski definition) is 2. The number of aliphatic hydroxyl groups is 1. The molecule has 2 N–H and O–H groups in total. The van der Waals surface area contributed by atoms with Gasteiger partial charge in [-0.1, -0.05) is 33.9 Å². The molecule has 3 rings (SSSR count). The quantitative estimate of drug-likeness (QED) is 0.754. The minimum Gasteiger partial charge on any atom is -0.387 e. The van der Waals surface area contributed by atoms with E-state index in [2.05, 4.69) is 38.8 Å². The maximum absolute atomic E-state index is 12.2. The third kappa shape index (κ3) is 3.11. The normalized spacial score (nSPS) is 32.8. The molecule has 0 radical (unpaired) electrons. The molecular formula is C17H29N3O5Si. The van der Waals surface area contributed by atoms with Crippen molar-refractivity contribution in [2.24, 2.45) is 0 Å². The van der Waals surface area contributed by atoms with E-state index < -0.39 is 43.4 Å². The van der Waals surface area contributed by atoms with Crippen molar-refractivity contribution in [1.29, 1.82) is 0 Å². The van der Waals surface area contributed by atoms with Crippen LogP contribution >= 0.6 is 0 Å². The Morgan fingerprint density at radius 3 is 2.62 bits per heavy atom. The number of aliphatic hydroxyl groups excluding tert-OH is 1. The van der Waals surface area contributed by atoms with Gasteiger partial charge in [0.2, 0.25) is 0 Å². The van der Waals surface area contributed by atoms with Crippen LogP contribution in [0.1, 0.15) is 27.0 Å². The number of nitrogens with zero attached hydrogens (tertiary/aromatic N) is 2. The van der Waals surface area contributed by atoms with Gasteiger partial charge in [-0.3, -0.25) is 19.2 Å². The highest BCUT2D eigenvalue weighted by Gasteiger charge is 2.62. The Labute approximate surface area is 153 Å². The number of aromatic nitrogens is 2. The molecule has 1 aromatic heterocycles. The van der Waals surface area contributed by atoms with Gasteiger partial charge in [-0.05, 0) is 11.1 Å². The number of nitrogens with one attached hydrogen (secondary N) is 1. The number of hydrogen-bond acceptors (Lipinski definition) is 6. The molecule has 0 amide bonds. The molecule has 0 aromatic carbocycles. The Bertz CT molecular complexity index is 799. The van der Waals surface area contributed by atoms with Crippen LogP contribution < -0.4 is 11.2 Å². The monoisotopic (exact) mass is 383 g/mol. The molecule has 0 spiro atoms. The molecule has 1 aromatic rings. The Morgan fingerprint density at radius 2 is 2.04 bits per heavy atom. The van der Waals surface area contributed by atoms with E-state index in [4.69, 9.17) is 9.57 Å². The molecule has 0 unspecified atom stereocenters. The number of ether oxygens (including phenoxy) is 1. The largest absolute Gasteiger partial charge is 0.387 e. The molecule has 4 atom stereocenters. The zero-order chi connectivity index (χ0) is 19.5. The maximum atomic E-state index is 12.2. The van der Waals surface area contributed by atoms with Crippen LogP contribution in [0.25, 0.3) is 0 Å². The summed E-state index contributed by atoms with van der Waals surface area (Å²) >= 11 is 0. The summed E-state index contributed by atoms with van der Waals surface area (Å²) in [5.74, 6) is 0. The fourth-order valence-electron chi connectivity index (χ4n) is 3.75. The lowest BCUT2D eigenvalue weighted by Gasteiger charge is -2.47. The van der Waals surface area contributed by atoms with Crippen LogP contribution in [-0.2, 0) is 9.57 Å². The van der Waals surface area contributed by atoms with Crippen LogP contribution in [-0.4, -0.2) is 59.2 Å². The van der Waals surface area contributed by atoms with E-state index in [9.17, 15) is 14.7 Å². The van der Waals surface area contributed by atoms with Crippen LogP contribution in [0.3, 0.4) is 0 Å². The van der Waals surface area contributed by atoms with E-state index in [0.29, 0.717) is 6.54 Å². The average molecular weight is 384 g/mol. The summed E-state index contributed by atoms with van der Waals surface area (Å²) in [7, 11) is 0.0104. The Morgan fingerprint density at radius 1 is 1.38 bits per heavy atom. The topological polar surface area (TPSA) is 96.8 Å². The van der Waals surface area contributed by atoms with Crippen LogP contribution in [0, 0.1) is 0 Å². The lowest BCUT2D eigenvalue weighted by Crippen LogP contribution is -2.60. The molecule has 2 bridgehead atoms. The van der Waals surface area contributed by atoms with Gasteiger partial charge in [0.1, 0.15) is 11.7 Å². The third-order valence-electron chi connectivity index (χ3n) is 6.18.